The SMILES string of the molecule is CC(C)c1onc(-c2c(Cl)cccc2Cl)c1CBr.CC(C)c1onc(-c2c(Cl)cccc2Cl)c1COC1C[C@H]2CC[C@@H](C1)C21OCCO1. The summed E-state index contributed by atoms with van der Waals surface area (Å²) < 4.78 is 29.7. The minimum absolute atomic E-state index is 0.172. The van der Waals surface area contributed by atoms with Crippen molar-refractivity contribution in [2.75, 3.05) is 13.2 Å². The largest absolute Gasteiger partial charge is 0.373 e. The van der Waals surface area contributed by atoms with Gasteiger partial charge in [-0.25, -0.2) is 0 Å². The molecule has 1 aliphatic heterocycles. The van der Waals surface area contributed by atoms with Gasteiger partial charge in [-0.2, -0.15) is 0 Å². The lowest BCUT2D eigenvalue weighted by Crippen LogP contribution is -2.47. The highest BCUT2D eigenvalue weighted by Gasteiger charge is 2.58. The highest BCUT2D eigenvalue weighted by Crippen LogP contribution is 2.54. The number of hydrogen-bond acceptors (Lipinski definition) is 7. The van der Waals surface area contributed by atoms with E-state index in [1.807, 2.05) is 24.3 Å². The van der Waals surface area contributed by atoms with Crippen LogP contribution in [-0.4, -0.2) is 35.4 Å². The summed E-state index contributed by atoms with van der Waals surface area (Å²) in [6.07, 6.45) is 4.39. The van der Waals surface area contributed by atoms with E-state index in [-0.39, 0.29) is 23.7 Å². The minimum Gasteiger partial charge on any atom is -0.373 e. The predicted molar refractivity (Wildman–Crippen MR) is 193 cm³/mol. The normalized spacial score (nSPS) is 21.4. The summed E-state index contributed by atoms with van der Waals surface area (Å²) in [6.45, 7) is 10.1. The lowest BCUT2D eigenvalue weighted by atomic mass is 9.81. The van der Waals surface area contributed by atoms with Gasteiger partial charge in [0.05, 0.1) is 46.0 Å². The van der Waals surface area contributed by atoms with Gasteiger partial charge in [-0.1, -0.05) is 112 Å². The Balaban J connectivity index is 0.000000191. The van der Waals surface area contributed by atoms with Crippen molar-refractivity contribution >= 4 is 62.3 Å². The first-order chi connectivity index (χ1) is 23.1. The molecule has 1 spiro atoms. The Hall–Kier alpha value is -1.62. The van der Waals surface area contributed by atoms with Crippen molar-refractivity contribution in [2.24, 2.45) is 11.8 Å². The molecular formula is C36H39BrCl4N2O5. The average molecular weight is 801 g/mol. The molecule has 7 nitrogen and oxygen atoms in total. The van der Waals surface area contributed by atoms with Crippen LogP contribution in [-0.2, 0) is 26.1 Å². The van der Waals surface area contributed by atoms with Gasteiger partial charge in [0.25, 0.3) is 0 Å². The lowest BCUT2D eigenvalue weighted by Gasteiger charge is -2.41. The number of halogens is 5. The van der Waals surface area contributed by atoms with Crippen molar-refractivity contribution < 1.29 is 23.3 Å². The van der Waals surface area contributed by atoms with Gasteiger partial charge >= 0.3 is 0 Å². The smallest absolute Gasteiger partial charge is 0.174 e. The van der Waals surface area contributed by atoms with E-state index in [9.17, 15) is 0 Å². The van der Waals surface area contributed by atoms with Crippen LogP contribution >= 0.6 is 62.3 Å². The fourth-order valence-corrected chi connectivity index (χ4v) is 9.04. The van der Waals surface area contributed by atoms with Gasteiger partial charge in [-0.15, -0.1) is 0 Å². The quantitative estimate of drug-likeness (QED) is 0.164. The van der Waals surface area contributed by atoms with Gasteiger partial charge in [0.2, 0.25) is 0 Å². The molecule has 1 unspecified atom stereocenters. The van der Waals surface area contributed by atoms with E-state index in [1.54, 1.807) is 12.1 Å². The Morgan fingerprint density at radius 1 is 0.750 bits per heavy atom. The van der Waals surface area contributed by atoms with E-state index in [0.29, 0.717) is 74.0 Å². The number of nitrogens with zero attached hydrogens (tertiary/aromatic N) is 2. The second kappa shape index (κ2) is 15.3. The molecule has 0 amide bonds. The zero-order valence-corrected chi connectivity index (χ0v) is 31.9. The molecule has 3 heterocycles. The predicted octanol–water partition coefficient (Wildman–Crippen LogP) is 11.9. The highest BCUT2D eigenvalue weighted by molar-refractivity contribution is 9.08. The fraction of sp³-hybridized carbons (Fsp3) is 0.500. The summed E-state index contributed by atoms with van der Waals surface area (Å²) in [5.74, 6) is 2.59. The molecule has 0 N–H and O–H groups in total. The zero-order chi connectivity index (χ0) is 34.2. The van der Waals surface area contributed by atoms with E-state index >= 15 is 0 Å². The lowest BCUT2D eigenvalue weighted by molar-refractivity contribution is -0.238. The van der Waals surface area contributed by atoms with Crippen molar-refractivity contribution in [1.29, 1.82) is 0 Å². The van der Waals surface area contributed by atoms with Crippen molar-refractivity contribution in [3.63, 3.8) is 0 Å². The summed E-state index contributed by atoms with van der Waals surface area (Å²) in [6, 6.07) is 10.9. The number of alkyl halides is 1. The molecule has 2 saturated carbocycles. The second-order valence-electron chi connectivity index (χ2n) is 13.2. The number of hydrogen-bond donors (Lipinski definition) is 0. The highest BCUT2D eigenvalue weighted by atomic mass is 79.9. The zero-order valence-electron chi connectivity index (χ0n) is 27.3. The van der Waals surface area contributed by atoms with Crippen LogP contribution in [0.4, 0.5) is 0 Å². The summed E-state index contributed by atoms with van der Waals surface area (Å²) in [5.41, 5.74) is 4.75. The van der Waals surface area contributed by atoms with Crippen LogP contribution < -0.4 is 0 Å². The molecule has 258 valence electrons. The third kappa shape index (κ3) is 6.98. The molecule has 1 saturated heterocycles. The average Bonchev–Trinajstić information content (AvgIpc) is 3.83. The van der Waals surface area contributed by atoms with Gasteiger partial charge in [0.1, 0.15) is 22.9 Å². The van der Waals surface area contributed by atoms with Gasteiger partial charge in [-0.3, -0.25) is 0 Å². The Bertz CT molecular complexity index is 1680. The summed E-state index contributed by atoms with van der Waals surface area (Å²) >= 11 is 28.8. The Labute approximate surface area is 310 Å². The minimum atomic E-state index is -0.351. The third-order valence-corrected chi connectivity index (χ3v) is 11.3. The first kappa shape index (κ1) is 36.2. The van der Waals surface area contributed by atoms with Gasteiger partial charge in [-0.05, 0) is 49.9 Å². The third-order valence-electron chi connectivity index (χ3n) is 9.52. The standard InChI is InChI=1S/C23H27Cl2NO4.C13H12BrCl2NO/c1-13(2)22-17(21(26-30-22)20-18(24)4-3-5-19(20)25)12-27-16-10-14-6-7-15(11-16)23(14)28-8-9-29-23;1-7(2)13-8(6-14)12(17-18-13)11-9(15)4-3-5-10(11)16/h3-5,13-16H,6-12H2,1-2H3;3-5,7H,6H2,1-2H3/t14-,15+,16?;. The number of rotatable bonds is 8. The summed E-state index contributed by atoms with van der Waals surface area (Å²) in [4.78, 5) is 0. The van der Waals surface area contributed by atoms with Crippen LogP contribution in [0.15, 0.2) is 45.4 Å². The Kier molecular flexibility index (Phi) is 11.5. The molecule has 3 atom stereocenters. The van der Waals surface area contributed by atoms with Crippen LogP contribution in [0.3, 0.4) is 0 Å². The molecule has 3 fully saturated rings. The van der Waals surface area contributed by atoms with Crippen LogP contribution in [0.5, 0.6) is 0 Å². The van der Waals surface area contributed by atoms with E-state index in [2.05, 4.69) is 53.9 Å². The second-order valence-corrected chi connectivity index (χ2v) is 15.4. The number of aromatic nitrogens is 2. The van der Waals surface area contributed by atoms with Crippen molar-refractivity contribution in [3.8, 4) is 22.5 Å². The number of ether oxygens (including phenoxy) is 3. The van der Waals surface area contributed by atoms with Gasteiger partial charge in [0, 0.05) is 51.3 Å². The Morgan fingerprint density at radius 2 is 1.19 bits per heavy atom. The Morgan fingerprint density at radius 3 is 1.62 bits per heavy atom. The summed E-state index contributed by atoms with van der Waals surface area (Å²) in [5, 5.41) is 11.4. The molecule has 12 heteroatoms. The molecule has 48 heavy (non-hydrogen) atoms. The molecule has 7 rings (SSSR count). The molecule has 3 aliphatic rings. The maximum Gasteiger partial charge on any atom is 0.174 e. The molecular weight excluding hydrogens is 762 g/mol. The van der Waals surface area contributed by atoms with Crippen LogP contribution in [0.1, 0.15) is 87.9 Å². The molecule has 4 aromatic rings. The van der Waals surface area contributed by atoms with Crippen LogP contribution in [0, 0.1) is 11.8 Å². The summed E-state index contributed by atoms with van der Waals surface area (Å²) in [7, 11) is 0. The molecule has 2 aromatic carbocycles. The first-order valence-corrected chi connectivity index (χ1v) is 19.0. The maximum atomic E-state index is 6.45. The first-order valence-electron chi connectivity index (χ1n) is 16.4. The van der Waals surface area contributed by atoms with Gasteiger partial charge in [0.15, 0.2) is 5.79 Å². The topological polar surface area (TPSA) is 79.8 Å². The number of benzene rings is 2. The van der Waals surface area contributed by atoms with E-state index < -0.39 is 0 Å². The molecule has 2 aromatic heterocycles. The van der Waals surface area contributed by atoms with Crippen molar-refractivity contribution in [2.45, 2.75) is 89.0 Å². The van der Waals surface area contributed by atoms with E-state index in [4.69, 9.17) is 69.7 Å². The van der Waals surface area contributed by atoms with Crippen LogP contribution in [0.2, 0.25) is 20.1 Å². The van der Waals surface area contributed by atoms with E-state index in [0.717, 1.165) is 53.9 Å². The maximum absolute atomic E-state index is 6.45. The molecule has 2 bridgehead atoms. The van der Waals surface area contributed by atoms with Gasteiger partial charge < -0.3 is 23.3 Å². The van der Waals surface area contributed by atoms with E-state index in [1.165, 1.54) is 0 Å². The molecule has 0 radical (unpaired) electrons. The molecule has 2 aliphatic carbocycles. The van der Waals surface area contributed by atoms with Crippen molar-refractivity contribution in [1.82, 2.24) is 10.3 Å². The fourth-order valence-electron chi connectivity index (χ4n) is 7.35. The monoisotopic (exact) mass is 798 g/mol. The van der Waals surface area contributed by atoms with Crippen LogP contribution in [0.25, 0.3) is 22.5 Å². The van der Waals surface area contributed by atoms with Crippen molar-refractivity contribution in [3.05, 3.63) is 79.1 Å².